The largest absolute Gasteiger partial charge is 0.490 e. The first-order valence-electron chi connectivity index (χ1n) is 3.67. The smallest absolute Gasteiger partial charge is 0.119 e. The highest BCUT2D eigenvalue weighted by Crippen LogP contribution is 2.10. The monoisotopic (exact) mass is 158 g/mol. The van der Waals surface area contributed by atoms with Gasteiger partial charge in [-0.1, -0.05) is 18.6 Å². The van der Waals surface area contributed by atoms with E-state index in [9.17, 15) is 0 Å². The molecule has 0 aliphatic rings. The summed E-state index contributed by atoms with van der Waals surface area (Å²) < 4.78 is 5.27. The van der Waals surface area contributed by atoms with E-state index in [2.05, 4.69) is 12.5 Å². The van der Waals surface area contributed by atoms with E-state index in [-0.39, 0.29) is 0 Å². The maximum Gasteiger partial charge on any atom is 0.119 e. The fraction of sp³-hybridized carbons (Fsp3) is 0.0909. The first-order valence-corrected chi connectivity index (χ1v) is 3.67. The van der Waals surface area contributed by atoms with Crippen molar-refractivity contribution in [1.82, 2.24) is 0 Å². The van der Waals surface area contributed by atoms with Crippen LogP contribution in [-0.4, -0.2) is 6.61 Å². The topological polar surface area (TPSA) is 9.23 Å². The third-order valence-corrected chi connectivity index (χ3v) is 1.39. The molecule has 0 unspecified atom stereocenters. The molecule has 0 aliphatic carbocycles. The van der Waals surface area contributed by atoms with Gasteiger partial charge in [-0.15, -0.1) is 6.42 Å². The van der Waals surface area contributed by atoms with Gasteiger partial charge < -0.3 is 4.74 Å². The lowest BCUT2D eigenvalue weighted by Crippen LogP contribution is -1.91. The predicted molar refractivity (Wildman–Crippen MR) is 50.1 cm³/mol. The van der Waals surface area contributed by atoms with Gasteiger partial charge in [0.1, 0.15) is 12.4 Å². The van der Waals surface area contributed by atoms with Gasteiger partial charge in [-0.25, -0.2) is 0 Å². The van der Waals surface area contributed by atoms with E-state index in [1.54, 1.807) is 6.08 Å². The van der Waals surface area contributed by atoms with Gasteiger partial charge in [-0.3, -0.25) is 0 Å². The van der Waals surface area contributed by atoms with Gasteiger partial charge in [0, 0.05) is 5.56 Å². The maximum absolute atomic E-state index is 5.27. The minimum atomic E-state index is 0.523. The fourth-order valence-corrected chi connectivity index (χ4v) is 0.803. The summed E-state index contributed by atoms with van der Waals surface area (Å²) in [6.07, 6.45) is 6.90. The number of benzene rings is 1. The molecule has 0 saturated carbocycles. The lowest BCUT2D eigenvalue weighted by atomic mass is 10.2. The molecule has 0 radical (unpaired) electrons. The van der Waals surface area contributed by atoms with Crippen LogP contribution in [0.3, 0.4) is 0 Å². The molecule has 0 fully saturated rings. The number of hydrogen-bond donors (Lipinski definition) is 0. The Morgan fingerprint density at radius 2 is 2.08 bits per heavy atom. The summed E-state index contributed by atoms with van der Waals surface area (Å²) in [5.74, 6) is 3.35. The van der Waals surface area contributed by atoms with Crippen LogP contribution in [0.25, 0.3) is 0 Å². The van der Waals surface area contributed by atoms with Crippen molar-refractivity contribution in [1.29, 1.82) is 0 Å². The van der Waals surface area contributed by atoms with Crippen molar-refractivity contribution >= 4 is 0 Å². The van der Waals surface area contributed by atoms with E-state index in [0.29, 0.717) is 6.61 Å². The molecule has 0 spiro atoms. The Hall–Kier alpha value is -1.68. The first-order chi connectivity index (χ1) is 5.86. The van der Waals surface area contributed by atoms with Crippen LogP contribution in [-0.2, 0) is 0 Å². The summed E-state index contributed by atoms with van der Waals surface area (Å²) in [5.41, 5.74) is 0.862. The normalized spacial score (nSPS) is 8.58. The van der Waals surface area contributed by atoms with Gasteiger partial charge in [0.05, 0.1) is 0 Å². The van der Waals surface area contributed by atoms with Gasteiger partial charge in [-0.2, -0.15) is 0 Å². The van der Waals surface area contributed by atoms with E-state index >= 15 is 0 Å². The summed E-state index contributed by atoms with van der Waals surface area (Å²) in [7, 11) is 0. The second kappa shape index (κ2) is 4.25. The second-order valence-electron chi connectivity index (χ2n) is 2.27. The van der Waals surface area contributed by atoms with E-state index in [4.69, 9.17) is 11.2 Å². The van der Waals surface area contributed by atoms with Crippen molar-refractivity contribution in [3.05, 3.63) is 42.5 Å². The first kappa shape index (κ1) is 8.42. The van der Waals surface area contributed by atoms with Crippen LogP contribution in [0.15, 0.2) is 36.9 Å². The molecule has 0 bridgehead atoms. The molecule has 0 amide bonds. The average molecular weight is 158 g/mol. The standard InChI is InChI=1S/C11H10O/c1-3-9-12-11-7-5-10(4-2)6-8-11/h2-3,5-8H,1,9H2. The quantitative estimate of drug-likeness (QED) is 0.484. The molecule has 1 rings (SSSR count). The summed E-state index contributed by atoms with van der Waals surface area (Å²) in [5, 5.41) is 0. The van der Waals surface area contributed by atoms with Crippen molar-refractivity contribution in [2.24, 2.45) is 0 Å². The average Bonchev–Trinajstić information content (AvgIpc) is 2.15. The van der Waals surface area contributed by atoms with Crippen molar-refractivity contribution in [2.75, 3.05) is 6.61 Å². The third-order valence-electron chi connectivity index (χ3n) is 1.39. The number of terminal acetylenes is 1. The molecule has 1 heteroatoms. The van der Waals surface area contributed by atoms with Crippen molar-refractivity contribution in [2.45, 2.75) is 0 Å². The molecule has 12 heavy (non-hydrogen) atoms. The molecule has 0 N–H and O–H groups in total. The Morgan fingerprint density at radius 3 is 2.58 bits per heavy atom. The molecule has 0 saturated heterocycles. The highest BCUT2D eigenvalue weighted by Gasteiger charge is 1.90. The summed E-state index contributed by atoms with van der Waals surface area (Å²) in [4.78, 5) is 0. The lowest BCUT2D eigenvalue weighted by molar-refractivity contribution is 0.363. The van der Waals surface area contributed by atoms with Crippen LogP contribution in [0.4, 0.5) is 0 Å². The minimum Gasteiger partial charge on any atom is -0.490 e. The minimum absolute atomic E-state index is 0.523. The number of hydrogen-bond acceptors (Lipinski definition) is 1. The van der Waals surface area contributed by atoms with Crippen molar-refractivity contribution < 1.29 is 4.74 Å². The summed E-state index contributed by atoms with van der Waals surface area (Å²) in [6.45, 7) is 4.08. The maximum atomic E-state index is 5.27. The molecule has 0 heterocycles. The predicted octanol–water partition coefficient (Wildman–Crippen LogP) is 2.23. The zero-order valence-electron chi connectivity index (χ0n) is 6.79. The van der Waals surface area contributed by atoms with E-state index in [0.717, 1.165) is 11.3 Å². The molecular formula is C11H10O. The van der Waals surface area contributed by atoms with Crippen LogP contribution in [0.1, 0.15) is 5.56 Å². The van der Waals surface area contributed by atoms with Crippen LogP contribution in [0.2, 0.25) is 0 Å². The van der Waals surface area contributed by atoms with Crippen LogP contribution in [0.5, 0.6) is 5.75 Å². The SMILES string of the molecule is C#Cc1ccc(OCC=C)cc1. The Kier molecular flexibility index (Phi) is 2.98. The van der Waals surface area contributed by atoms with Crippen LogP contribution < -0.4 is 4.74 Å². The zero-order chi connectivity index (χ0) is 8.81. The number of ether oxygens (including phenoxy) is 1. The van der Waals surface area contributed by atoms with Gasteiger partial charge >= 0.3 is 0 Å². The van der Waals surface area contributed by atoms with E-state index in [1.807, 2.05) is 24.3 Å². The molecule has 1 nitrogen and oxygen atoms in total. The van der Waals surface area contributed by atoms with Crippen LogP contribution in [0, 0.1) is 12.3 Å². The summed E-state index contributed by atoms with van der Waals surface area (Å²) in [6, 6.07) is 7.38. The Bertz CT molecular complexity index is 290. The zero-order valence-corrected chi connectivity index (χ0v) is 6.79. The molecule has 1 aromatic rings. The van der Waals surface area contributed by atoms with Gasteiger partial charge in [-0.05, 0) is 24.3 Å². The lowest BCUT2D eigenvalue weighted by Gasteiger charge is -2.01. The van der Waals surface area contributed by atoms with Gasteiger partial charge in [0.2, 0.25) is 0 Å². The van der Waals surface area contributed by atoms with Crippen LogP contribution >= 0.6 is 0 Å². The third kappa shape index (κ3) is 2.17. The summed E-state index contributed by atoms with van der Waals surface area (Å²) >= 11 is 0. The van der Waals surface area contributed by atoms with Gasteiger partial charge in [0.25, 0.3) is 0 Å². The molecule has 0 aromatic heterocycles. The second-order valence-corrected chi connectivity index (χ2v) is 2.27. The Labute approximate surface area is 72.7 Å². The Morgan fingerprint density at radius 1 is 1.42 bits per heavy atom. The number of rotatable bonds is 3. The van der Waals surface area contributed by atoms with Crippen molar-refractivity contribution in [3.8, 4) is 18.1 Å². The van der Waals surface area contributed by atoms with Gasteiger partial charge in [0.15, 0.2) is 0 Å². The molecule has 0 atom stereocenters. The molecule has 60 valence electrons. The molecule has 0 aliphatic heterocycles. The highest BCUT2D eigenvalue weighted by molar-refractivity contribution is 5.36. The highest BCUT2D eigenvalue weighted by atomic mass is 16.5. The molecule has 1 aromatic carbocycles. The Balaban J connectivity index is 2.66. The van der Waals surface area contributed by atoms with E-state index in [1.165, 1.54) is 0 Å². The fourth-order valence-electron chi connectivity index (χ4n) is 0.803. The molecular weight excluding hydrogens is 148 g/mol. The van der Waals surface area contributed by atoms with E-state index < -0.39 is 0 Å². The van der Waals surface area contributed by atoms with Crippen molar-refractivity contribution in [3.63, 3.8) is 0 Å².